The van der Waals surface area contributed by atoms with Gasteiger partial charge in [-0.2, -0.15) is 0 Å². The van der Waals surface area contributed by atoms with Crippen LogP contribution in [0.5, 0.6) is 0 Å². The number of halogens is 1. The van der Waals surface area contributed by atoms with Gasteiger partial charge >= 0.3 is 0 Å². The molecule has 3 rings (SSSR count). The van der Waals surface area contributed by atoms with Crippen LogP contribution < -0.4 is 10.2 Å². The molecule has 0 unspecified atom stereocenters. The minimum absolute atomic E-state index is 0.0712. The lowest BCUT2D eigenvalue weighted by atomic mass is 10.0. The average Bonchev–Trinajstić information content (AvgIpc) is 3.10. The Morgan fingerprint density at radius 3 is 2.59 bits per heavy atom. The maximum absolute atomic E-state index is 12.3. The molecule has 0 bridgehead atoms. The Hall–Kier alpha value is -2.08. The number of aliphatic hydroxyl groups is 1. The van der Waals surface area contributed by atoms with E-state index in [9.17, 15) is 9.90 Å². The summed E-state index contributed by atoms with van der Waals surface area (Å²) in [6.07, 6.45) is 0.560. The smallest absolute Gasteiger partial charge is 0.251 e. The highest BCUT2D eigenvalue weighted by Gasteiger charge is 2.27. The predicted octanol–water partition coefficient (Wildman–Crippen LogP) is 3.72. The minimum Gasteiger partial charge on any atom is -0.392 e. The molecule has 1 saturated heterocycles. The lowest BCUT2D eigenvalue weighted by Crippen LogP contribution is -2.36. The Morgan fingerprint density at radius 2 is 2.00 bits per heavy atom. The molecule has 156 valence electrons. The molecule has 0 aromatic heterocycles. The van der Waals surface area contributed by atoms with Crippen LogP contribution in [-0.4, -0.2) is 54.7 Å². The van der Waals surface area contributed by atoms with E-state index in [4.69, 9.17) is 11.6 Å². The van der Waals surface area contributed by atoms with Crippen molar-refractivity contribution in [3.63, 3.8) is 0 Å². The van der Waals surface area contributed by atoms with Crippen LogP contribution in [0.3, 0.4) is 0 Å². The SMILES string of the molecule is CC(C)NC(=O)c1ccc(N(C)[C@H](CN2CC[C@H](O)C2)c2ccccc2)c(Cl)c1. The maximum Gasteiger partial charge on any atom is 0.251 e. The van der Waals surface area contributed by atoms with Gasteiger partial charge in [-0.3, -0.25) is 9.69 Å². The van der Waals surface area contributed by atoms with Gasteiger partial charge in [0.1, 0.15) is 0 Å². The summed E-state index contributed by atoms with van der Waals surface area (Å²) in [6.45, 7) is 6.24. The van der Waals surface area contributed by atoms with Crippen molar-refractivity contribution >= 4 is 23.2 Å². The van der Waals surface area contributed by atoms with E-state index in [0.717, 1.165) is 25.2 Å². The maximum atomic E-state index is 12.3. The Kier molecular flexibility index (Phi) is 7.17. The highest BCUT2D eigenvalue weighted by Crippen LogP contribution is 2.33. The summed E-state index contributed by atoms with van der Waals surface area (Å²) >= 11 is 6.60. The molecule has 0 saturated carbocycles. The van der Waals surface area contributed by atoms with Gasteiger partial charge in [-0.1, -0.05) is 41.9 Å². The topological polar surface area (TPSA) is 55.8 Å². The normalized spacial score (nSPS) is 18.1. The zero-order valence-corrected chi connectivity index (χ0v) is 18.1. The number of nitrogens with zero attached hydrogens (tertiary/aromatic N) is 2. The second-order valence-corrected chi connectivity index (χ2v) is 8.44. The highest BCUT2D eigenvalue weighted by atomic mass is 35.5. The standard InChI is InChI=1S/C23H30ClN3O2/c1-16(2)25-23(29)18-9-10-21(20(24)13-18)26(3)22(17-7-5-4-6-8-17)15-27-12-11-19(28)14-27/h4-10,13,16,19,22,28H,11-12,14-15H2,1-3H3,(H,25,29)/t19-,22+/m0/s1. The molecule has 2 aromatic rings. The number of hydrogen-bond donors (Lipinski definition) is 2. The lowest BCUT2D eigenvalue weighted by Gasteiger charge is -2.34. The fourth-order valence-corrected chi connectivity index (χ4v) is 4.11. The number of likely N-dealkylation sites (N-methyl/N-ethyl adjacent to an activating group) is 1. The first-order chi connectivity index (χ1) is 13.8. The van der Waals surface area contributed by atoms with Crippen LogP contribution in [0.25, 0.3) is 0 Å². The molecule has 1 amide bonds. The third-order valence-electron chi connectivity index (χ3n) is 5.34. The predicted molar refractivity (Wildman–Crippen MR) is 119 cm³/mol. The Balaban J connectivity index is 1.85. The highest BCUT2D eigenvalue weighted by molar-refractivity contribution is 6.33. The molecule has 6 heteroatoms. The quantitative estimate of drug-likeness (QED) is 0.723. The molecule has 2 N–H and O–H groups in total. The summed E-state index contributed by atoms with van der Waals surface area (Å²) in [5.74, 6) is -0.123. The van der Waals surface area contributed by atoms with Crippen LogP contribution in [0.2, 0.25) is 5.02 Å². The van der Waals surface area contributed by atoms with Crippen molar-refractivity contribution in [2.45, 2.75) is 38.5 Å². The van der Waals surface area contributed by atoms with Gasteiger partial charge in [-0.25, -0.2) is 0 Å². The second kappa shape index (κ2) is 9.61. The van der Waals surface area contributed by atoms with Gasteiger partial charge in [-0.05, 0) is 44.0 Å². The summed E-state index contributed by atoms with van der Waals surface area (Å²) in [7, 11) is 2.03. The fraction of sp³-hybridized carbons (Fsp3) is 0.435. The van der Waals surface area contributed by atoms with Crippen molar-refractivity contribution in [2.75, 3.05) is 31.6 Å². The van der Waals surface area contributed by atoms with Gasteiger partial charge in [0, 0.05) is 38.3 Å². The lowest BCUT2D eigenvalue weighted by molar-refractivity contribution is 0.0943. The van der Waals surface area contributed by atoms with Crippen LogP contribution in [-0.2, 0) is 0 Å². The number of amides is 1. The fourth-order valence-electron chi connectivity index (χ4n) is 3.80. The van der Waals surface area contributed by atoms with Crippen molar-refractivity contribution in [1.82, 2.24) is 10.2 Å². The van der Waals surface area contributed by atoms with Gasteiger partial charge in [0.15, 0.2) is 0 Å². The molecule has 1 heterocycles. The van der Waals surface area contributed by atoms with E-state index in [1.54, 1.807) is 6.07 Å². The van der Waals surface area contributed by atoms with Gasteiger partial charge in [0.05, 0.1) is 22.9 Å². The Bertz CT molecular complexity index is 828. The van der Waals surface area contributed by atoms with Crippen LogP contribution in [0.4, 0.5) is 5.69 Å². The van der Waals surface area contributed by atoms with Crippen LogP contribution in [0, 0.1) is 0 Å². The van der Waals surface area contributed by atoms with E-state index in [-0.39, 0.29) is 24.1 Å². The summed E-state index contributed by atoms with van der Waals surface area (Å²) in [6, 6.07) is 15.9. The molecule has 5 nitrogen and oxygen atoms in total. The average molecular weight is 416 g/mol. The number of aliphatic hydroxyl groups excluding tert-OH is 1. The number of carbonyl (C=O) groups excluding carboxylic acids is 1. The second-order valence-electron chi connectivity index (χ2n) is 8.03. The van der Waals surface area contributed by atoms with Crippen molar-refractivity contribution in [1.29, 1.82) is 0 Å². The van der Waals surface area contributed by atoms with E-state index >= 15 is 0 Å². The summed E-state index contributed by atoms with van der Waals surface area (Å²) in [5, 5.41) is 13.4. The largest absolute Gasteiger partial charge is 0.392 e. The number of rotatable bonds is 7. The number of carbonyl (C=O) groups is 1. The summed E-state index contributed by atoms with van der Waals surface area (Å²) in [4.78, 5) is 16.7. The zero-order chi connectivity index (χ0) is 21.0. The number of anilines is 1. The number of nitrogens with one attached hydrogen (secondary N) is 1. The molecule has 1 fully saturated rings. The number of benzene rings is 2. The minimum atomic E-state index is -0.251. The first-order valence-electron chi connectivity index (χ1n) is 10.1. The first-order valence-corrected chi connectivity index (χ1v) is 10.5. The molecular weight excluding hydrogens is 386 g/mol. The Labute approximate surface area is 178 Å². The van der Waals surface area contributed by atoms with Crippen molar-refractivity contribution in [3.05, 3.63) is 64.7 Å². The number of likely N-dealkylation sites (tertiary alicyclic amines) is 1. The van der Waals surface area contributed by atoms with Crippen molar-refractivity contribution < 1.29 is 9.90 Å². The first kappa shape index (κ1) is 21.6. The van der Waals surface area contributed by atoms with Gasteiger partial charge in [0.2, 0.25) is 0 Å². The van der Waals surface area contributed by atoms with E-state index in [1.165, 1.54) is 5.56 Å². The van der Waals surface area contributed by atoms with Crippen LogP contribution in [0.1, 0.15) is 42.2 Å². The van der Waals surface area contributed by atoms with E-state index in [1.807, 2.05) is 51.2 Å². The Morgan fingerprint density at radius 1 is 1.28 bits per heavy atom. The molecule has 2 aromatic carbocycles. The molecule has 0 aliphatic carbocycles. The molecule has 0 radical (unpaired) electrons. The van der Waals surface area contributed by atoms with E-state index in [0.29, 0.717) is 17.1 Å². The third-order valence-corrected chi connectivity index (χ3v) is 5.64. The van der Waals surface area contributed by atoms with Crippen LogP contribution in [0.15, 0.2) is 48.5 Å². The number of hydrogen-bond acceptors (Lipinski definition) is 4. The summed E-state index contributed by atoms with van der Waals surface area (Å²) < 4.78 is 0. The summed E-state index contributed by atoms with van der Waals surface area (Å²) in [5.41, 5.74) is 2.62. The van der Waals surface area contributed by atoms with Gasteiger partial charge in [-0.15, -0.1) is 0 Å². The van der Waals surface area contributed by atoms with Gasteiger partial charge < -0.3 is 15.3 Å². The molecule has 1 aliphatic rings. The van der Waals surface area contributed by atoms with E-state index < -0.39 is 0 Å². The van der Waals surface area contributed by atoms with Crippen LogP contribution >= 0.6 is 11.6 Å². The van der Waals surface area contributed by atoms with E-state index in [2.05, 4.69) is 27.2 Å². The zero-order valence-electron chi connectivity index (χ0n) is 17.3. The monoisotopic (exact) mass is 415 g/mol. The third kappa shape index (κ3) is 5.50. The number of β-amino-alcohol motifs (C(OH)–C–C–N with tert-alkyl or cyclic N) is 1. The van der Waals surface area contributed by atoms with Crippen molar-refractivity contribution in [2.24, 2.45) is 0 Å². The molecule has 29 heavy (non-hydrogen) atoms. The molecule has 0 spiro atoms. The molecule has 1 aliphatic heterocycles. The van der Waals surface area contributed by atoms with Gasteiger partial charge in [0.25, 0.3) is 5.91 Å². The molecular formula is C23H30ClN3O2. The van der Waals surface area contributed by atoms with Crippen molar-refractivity contribution in [3.8, 4) is 0 Å². The molecule has 2 atom stereocenters.